The van der Waals surface area contributed by atoms with Crippen LogP contribution in [0.15, 0.2) is 6.07 Å². The number of rotatable bonds is 7. The van der Waals surface area contributed by atoms with Gasteiger partial charge in [0, 0.05) is 30.0 Å². The summed E-state index contributed by atoms with van der Waals surface area (Å²) < 4.78 is 80.9. The Morgan fingerprint density at radius 3 is 2.41 bits per heavy atom. The molecule has 6 nitrogen and oxygen atoms in total. The summed E-state index contributed by atoms with van der Waals surface area (Å²) in [6, 6.07) is 0.0583. The van der Waals surface area contributed by atoms with Crippen molar-refractivity contribution in [2.45, 2.75) is 71.4 Å². The second-order valence-corrected chi connectivity index (χ2v) is 8.19. The molecule has 0 saturated heterocycles. The zero-order valence-corrected chi connectivity index (χ0v) is 17.9. The standard InChI is InChI=1S/C20H25F6N5O/c1-4-14(31-15-7-5-6-13(15)17(29-31)20(24,25)26)18(32)27-9-11(2)10-30-12(3)8-16(28-30)19(21,22)23/h8,11,14H,4-7,9-10H2,1-3H3,(H,27,32)/t11-,14+/m0/s1. The van der Waals surface area contributed by atoms with E-state index in [9.17, 15) is 31.1 Å². The SMILES string of the molecule is CC[C@H](C(=O)NC[C@H](C)Cn1nc(C(F)(F)F)cc1C)n1nc(C(F)(F)F)c2c1CCC2. The fourth-order valence-corrected chi connectivity index (χ4v) is 4.01. The van der Waals surface area contributed by atoms with Crippen molar-refractivity contribution in [1.29, 1.82) is 0 Å². The van der Waals surface area contributed by atoms with Crippen LogP contribution in [0.25, 0.3) is 0 Å². The van der Waals surface area contributed by atoms with Crippen molar-refractivity contribution in [3.05, 3.63) is 34.4 Å². The van der Waals surface area contributed by atoms with Crippen molar-refractivity contribution in [3.63, 3.8) is 0 Å². The van der Waals surface area contributed by atoms with Gasteiger partial charge in [0.25, 0.3) is 0 Å². The first kappa shape index (κ1) is 24.1. The summed E-state index contributed by atoms with van der Waals surface area (Å²) in [5.74, 6) is -0.733. The van der Waals surface area contributed by atoms with Crippen molar-refractivity contribution in [2.75, 3.05) is 6.54 Å². The van der Waals surface area contributed by atoms with Crippen LogP contribution in [-0.2, 0) is 36.5 Å². The van der Waals surface area contributed by atoms with Gasteiger partial charge in [-0.25, -0.2) is 0 Å². The molecule has 2 aromatic heterocycles. The Hall–Kier alpha value is -2.53. The Bertz CT molecular complexity index is 975. The van der Waals surface area contributed by atoms with Gasteiger partial charge >= 0.3 is 12.4 Å². The molecule has 2 aromatic rings. The molecule has 2 atom stereocenters. The molecule has 0 aromatic carbocycles. The third kappa shape index (κ3) is 4.93. The number of alkyl halides is 6. The van der Waals surface area contributed by atoms with Crippen molar-refractivity contribution >= 4 is 5.91 Å². The smallest absolute Gasteiger partial charge is 0.354 e. The number of nitrogens with zero attached hydrogens (tertiary/aromatic N) is 4. The summed E-state index contributed by atoms with van der Waals surface area (Å²) in [5.41, 5.74) is -0.968. The highest BCUT2D eigenvalue weighted by Gasteiger charge is 2.41. The summed E-state index contributed by atoms with van der Waals surface area (Å²) in [6.45, 7) is 5.22. The van der Waals surface area contributed by atoms with Gasteiger partial charge in [0.15, 0.2) is 11.4 Å². The van der Waals surface area contributed by atoms with E-state index in [-0.39, 0.29) is 37.4 Å². The molecule has 1 N–H and O–H groups in total. The van der Waals surface area contributed by atoms with E-state index in [2.05, 4.69) is 15.5 Å². The normalized spacial score (nSPS) is 16.2. The lowest BCUT2D eigenvalue weighted by atomic mass is 10.1. The highest BCUT2D eigenvalue weighted by Crippen LogP contribution is 2.38. The molecule has 0 bridgehead atoms. The molecule has 0 radical (unpaired) electrons. The van der Waals surface area contributed by atoms with E-state index in [1.165, 1.54) is 16.3 Å². The van der Waals surface area contributed by atoms with Gasteiger partial charge in [-0.2, -0.15) is 36.5 Å². The number of hydrogen-bond acceptors (Lipinski definition) is 3. The van der Waals surface area contributed by atoms with E-state index in [0.29, 0.717) is 24.2 Å². The highest BCUT2D eigenvalue weighted by atomic mass is 19.4. The zero-order valence-electron chi connectivity index (χ0n) is 17.9. The van der Waals surface area contributed by atoms with Crippen molar-refractivity contribution in [3.8, 4) is 0 Å². The molecule has 0 spiro atoms. The van der Waals surface area contributed by atoms with Gasteiger partial charge in [-0.05, 0) is 44.6 Å². The van der Waals surface area contributed by atoms with Gasteiger partial charge in [-0.3, -0.25) is 14.2 Å². The molecule has 1 aliphatic rings. The average molecular weight is 465 g/mol. The van der Waals surface area contributed by atoms with Crippen LogP contribution in [0.5, 0.6) is 0 Å². The van der Waals surface area contributed by atoms with Gasteiger partial charge in [-0.1, -0.05) is 13.8 Å². The Balaban J connectivity index is 1.67. The number of halogens is 6. The molecule has 0 aliphatic heterocycles. The average Bonchev–Trinajstić information content (AvgIpc) is 3.36. The van der Waals surface area contributed by atoms with Gasteiger partial charge in [-0.15, -0.1) is 0 Å². The predicted molar refractivity (Wildman–Crippen MR) is 103 cm³/mol. The minimum absolute atomic E-state index is 0.131. The van der Waals surface area contributed by atoms with Crippen LogP contribution < -0.4 is 5.32 Å². The highest BCUT2D eigenvalue weighted by molar-refractivity contribution is 5.80. The summed E-state index contributed by atoms with van der Waals surface area (Å²) in [4.78, 5) is 12.8. The molecule has 3 rings (SSSR count). The van der Waals surface area contributed by atoms with E-state index in [0.717, 1.165) is 6.07 Å². The second-order valence-electron chi connectivity index (χ2n) is 8.19. The molecule has 0 saturated carbocycles. The lowest BCUT2D eigenvalue weighted by Gasteiger charge is -2.20. The van der Waals surface area contributed by atoms with E-state index >= 15 is 0 Å². The number of nitrogens with one attached hydrogen (secondary N) is 1. The second kappa shape index (κ2) is 8.78. The van der Waals surface area contributed by atoms with Crippen LogP contribution in [0.2, 0.25) is 0 Å². The third-order valence-corrected chi connectivity index (χ3v) is 5.59. The Kier molecular flexibility index (Phi) is 6.62. The Labute approximate surface area is 181 Å². The summed E-state index contributed by atoms with van der Waals surface area (Å²) >= 11 is 0. The van der Waals surface area contributed by atoms with Gasteiger partial charge in [0.1, 0.15) is 6.04 Å². The molecule has 0 fully saturated rings. The molecule has 1 aliphatic carbocycles. The largest absolute Gasteiger partial charge is 0.435 e. The molecule has 2 heterocycles. The molecular weight excluding hydrogens is 440 g/mol. The molecule has 12 heteroatoms. The fourth-order valence-electron chi connectivity index (χ4n) is 4.01. The van der Waals surface area contributed by atoms with Crippen molar-refractivity contribution < 1.29 is 31.1 Å². The summed E-state index contributed by atoms with van der Waals surface area (Å²) in [7, 11) is 0. The molecule has 1 amide bonds. The van der Waals surface area contributed by atoms with Crippen LogP contribution >= 0.6 is 0 Å². The van der Waals surface area contributed by atoms with E-state index in [1.54, 1.807) is 13.8 Å². The quantitative estimate of drug-likeness (QED) is 0.620. The van der Waals surface area contributed by atoms with Crippen molar-refractivity contribution in [2.24, 2.45) is 5.92 Å². The van der Waals surface area contributed by atoms with Crippen LogP contribution in [-0.4, -0.2) is 32.0 Å². The Morgan fingerprint density at radius 2 is 1.84 bits per heavy atom. The van der Waals surface area contributed by atoms with E-state index in [4.69, 9.17) is 0 Å². The van der Waals surface area contributed by atoms with Crippen LogP contribution in [0, 0.1) is 12.8 Å². The van der Waals surface area contributed by atoms with Gasteiger partial charge < -0.3 is 5.32 Å². The zero-order chi connectivity index (χ0) is 23.8. The maximum atomic E-state index is 13.3. The summed E-state index contributed by atoms with van der Waals surface area (Å²) in [6.07, 6.45) is -7.59. The predicted octanol–water partition coefficient (Wildman–Crippen LogP) is 4.32. The lowest BCUT2D eigenvalue weighted by molar-refractivity contribution is -0.143. The first-order valence-electron chi connectivity index (χ1n) is 10.4. The summed E-state index contributed by atoms with van der Waals surface area (Å²) in [5, 5.41) is 10.0. The van der Waals surface area contributed by atoms with Gasteiger partial charge in [0.2, 0.25) is 5.91 Å². The minimum atomic E-state index is -4.58. The first-order valence-corrected chi connectivity index (χ1v) is 10.4. The van der Waals surface area contributed by atoms with Crippen LogP contribution in [0.4, 0.5) is 26.3 Å². The lowest BCUT2D eigenvalue weighted by Crippen LogP contribution is -2.37. The molecule has 32 heavy (non-hydrogen) atoms. The number of amides is 1. The number of fused-ring (bicyclic) bond motifs is 1. The Morgan fingerprint density at radius 1 is 1.16 bits per heavy atom. The van der Waals surface area contributed by atoms with Gasteiger partial charge in [0.05, 0.1) is 0 Å². The monoisotopic (exact) mass is 465 g/mol. The van der Waals surface area contributed by atoms with E-state index < -0.39 is 35.7 Å². The molecule has 0 unspecified atom stereocenters. The van der Waals surface area contributed by atoms with Crippen molar-refractivity contribution in [1.82, 2.24) is 24.9 Å². The first-order chi connectivity index (χ1) is 14.8. The number of carbonyl (C=O) groups is 1. The van der Waals surface area contributed by atoms with Crippen LogP contribution in [0.1, 0.15) is 61.1 Å². The number of aromatic nitrogens is 4. The number of carbonyl (C=O) groups excluding carboxylic acids is 1. The fraction of sp³-hybridized carbons (Fsp3) is 0.650. The molecule has 178 valence electrons. The van der Waals surface area contributed by atoms with Crippen LogP contribution in [0.3, 0.4) is 0 Å². The third-order valence-electron chi connectivity index (χ3n) is 5.59. The topological polar surface area (TPSA) is 64.7 Å². The minimum Gasteiger partial charge on any atom is -0.354 e. The number of aryl methyl sites for hydroxylation is 1. The maximum Gasteiger partial charge on any atom is 0.435 e. The van der Waals surface area contributed by atoms with E-state index in [1.807, 2.05) is 0 Å². The number of hydrogen-bond donors (Lipinski definition) is 1. The maximum absolute atomic E-state index is 13.3. The molecular formula is C20H25F6N5O.